The summed E-state index contributed by atoms with van der Waals surface area (Å²) in [5.41, 5.74) is 7.28. The molecule has 3 N–H and O–H groups in total. The SMILES string of the molecule is CC1(c2cc(NC(=O)c3ccc4nccn4c3)ccc2F)CCSC(N)=N1. The zero-order valence-corrected chi connectivity index (χ0v) is 15.5. The highest BCUT2D eigenvalue weighted by molar-refractivity contribution is 8.13. The van der Waals surface area contributed by atoms with Crippen molar-refractivity contribution in [3.05, 3.63) is 65.9 Å². The molecule has 1 atom stereocenters. The molecule has 27 heavy (non-hydrogen) atoms. The number of imidazole rings is 1. The number of hydrogen-bond donors (Lipinski definition) is 2. The van der Waals surface area contributed by atoms with Crippen LogP contribution in [0.2, 0.25) is 0 Å². The molecule has 0 fully saturated rings. The minimum absolute atomic E-state index is 0.282. The number of amidine groups is 1. The molecule has 1 unspecified atom stereocenters. The van der Waals surface area contributed by atoms with E-state index >= 15 is 0 Å². The fourth-order valence-corrected chi connectivity index (χ4v) is 4.13. The Hall–Kier alpha value is -2.87. The fraction of sp³-hybridized carbons (Fsp3) is 0.211. The molecule has 3 aromatic rings. The van der Waals surface area contributed by atoms with Crippen molar-refractivity contribution >= 4 is 34.2 Å². The van der Waals surface area contributed by atoms with Crippen LogP contribution in [0.25, 0.3) is 5.65 Å². The zero-order valence-electron chi connectivity index (χ0n) is 14.6. The van der Waals surface area contributed by atoms with Crippen LogP contribution < -0.4 is 11.1 Å². The van der Waals surface area contributed by atoms with Crippen LogP contribution in [-0.4, -0.2) is 26.2 Å². The second-order valence-electron chi connectivity index (χ2n) is 6.58. The van der Waals surface area contributed by atoms with E-state index in [1.807, 2.05) is 6.92 Å². The number of nitrogens with zero attached hydrogens (tertiary/aromatic N) is 3. The Morgan fingerprint density at radius 2 is 2.22 bits per heavy atom. The minimum Gasteiger partial charge on any atom is -0.379 e. The Bertz CT molecular complexity index is 1060. The highest BCUT2D eigenvalue weighted by atomic mass is 32.2. The number of carbonyl (C=O) groups is 1. The third kappa shape index (κ3) is 3.40. The van der Waals surface area contributed by atoms with Gasteiger partial charge in [-0.25, -0.2) is 9.37 Å². The van der Waals surface area contributed by atoms with E-state index in [-0.39, 0.29) is 11.7 Å². The molecule has 8 heteroatoms. The van der Waals surface area contributed by atoms with Gasteiger partial charge in [0.15, 0.2) is 5.17 Å². The lowest BCUT2D eigenvalue weighted by molar-refractivity contribution is 0.102. The minimum atomic E-state index is -0.740. The molecule has 0 bridgehead atoms. The summed E-state index contributed by atoms with van der Waals surface area (Å²) in [6, 6.07) is 7.99. The van der Waals surface area contributed by atoms with E-state index in [0.29, 0.717) is 28.4 Å². The van der Waals surface area contributed by atoms with Crippen molar-refractivity contribution in [3.63, 3.8) is 0 Å². The van der Waals surface area contributed by atoms with Gasteiger partial charge >= 0.3 is 0 Å². The number of nitrogens with one attached hydrogen (secondary N) is 1. The van der Waals surface area contributed by atoms with E-state index in [1.54, 1.807) is 47.3 Å². The number of aromatic nitrogens is 2. The second kappa shape index (κ2) is 6.70. The smallest absolute Gasteiger partial charge is 0.257 e. The van der Waals surface area contributed by atoms with Gasteiger partial charge in [0.05, 0.1) is 11.1 Å². The van der Waals surface area contributed by atoms with Crippen molar-refractivity contribution in [2.45, 2.75) is 18.9 Å². The summed E-state index contributed by atoms with van der Waals surface area (Å²) in [7, 11) is 0. The van der Waals surface area contributed by atoms with Gasteiger partial charge in [0.2, 0.25) is 0 Å². The summed E-state index contributed by atoms with van der Waals surface area (Å²) >= 11 is 1.46. The van der Waals surface area contributed by atoms with Gasteiger partial charge < -0.3 is 15.5 Å². The Kier molecular flexibility index (Phi) is 4.35. The van der Waals surface area contributed by atoms with Crippen molar-refractivity contribution < 1.29 is 9.18 Å². The number of carbonyl (C=O) groups excluding carboxylic acids is 1. The molecule has 1 amide bonds. The van der Waals surface area contributed by atoms with Crippen LogP contribution in [-0.2, 0) is 5.54 Å². The highest BCUT2D eigenvalue weighted by Crippen LogP contribution is 2.37. The number of thioether (sulfide) groups is 1. The van der Waals surface area contributed by atoms with Gasteiger partial charge in [0.25, 0.3) is 5.91 Å². The predicted octanol–water partition coefficient (Wildman–Crippen LogP) is 3.39. The Morgan fingerprint density at radius 1 is 1.37 bits per heavy atom. The van der Waals surface area contributed by atoms with Gasteiger partial charge in [-0.1, -0.05) is 11.8 Å². The summed E-state index contributed by atoms with van der Waals surface area (Å²) < 4.78 is 16.3. The van der Waals surface area contributed by atoms with Gasteiger partial charge in [-0.2, -0.15) is 0 Å². The standard InChI is InChI=1S/C19H18FN5OS/c1-19(6-9-27-18(21)24-19)14-10-13(3-4-15(14)20)23-17(26)12-2-5-16-22-7-8-25(16)11-12/h2-5,7-8,10-11H,6,9H2,1H3,(H2,21,24)(H,23,26). The molecule has 1 aliphatic rings. The number of rotatable bonds is 3. The number of hydrogen-bond acceptors (Lipinski definition) is 5. The largest absolute Gasteiger partial charge is 0.379 e. The molecule has 0 saturated carbocycles. The number of anilines is 1. The lowest BCUT2D eigenvalue weighted by atomic mass is 9.89. The Morgan fingerprint density at radius 3 is 3.04 bits per heavy atom. The van der Waals surface area contributed by atoms with Crippen LogP contribution in [0.4, 0.5) is 10.1 Å². The van der Waals surface area contributed by atoms with Gasteiger partial charge in [0, 0.05) is 35.6 Å². The lowest BCUT2D eigenvalue weighted by Gasteiger charge is -2.30. The van der Waals surface area contributed by atoms with Crippen LogP contribution >= 0.6 is 11.8 Å². The van der Waals surface area contributed by atoms with Crippen molar-refractivity contribution in [1.29, 1.82) is 0 Å². The fourth-order valence-electron chi connectivity index (χ4n) is 3.15. The summed E-state index contributed by atoms with van der Waals surface area (Å²) in [5.74, 6) is 0.126. The highest BCUT2D eigenvalue weighted by Gasteiger charge is 2.32. The Balaban J connectivity index is 1.63. The molecular weight excluding hydrogens is 365 g/mol. The molecule has 0 aliphatic carbocycles. The maximum Gasteiger partial charge on any atom is 0.257 e. The topological polar surface area (TPSA) is 84.8 Å². The van der Waals surface area contributed by atoms with Crippen molar-refractivity contribution in [3.8, 4) is 0 Å². The first-order valence-corrected chi connectivity index (χ1v) is 9.45. The number of halogens is 1. The molecule has 6 nitrogen and oxygen atoms in total. The average molecular weight is 383 g/mol. The van der Waals surface area contributed by atoms with E-state index in [1.165, 1.54) is 17.8 Å². The normalized spacial score (nSPS) is 19.7. The number of amides is 1. The van der Waals surface area contributed by atoms with E-state index in [4.69, 9.17) is 5.73 Å². The molecular formula is C19H18FN5OS. The van der Waals surface area contributed by atoms with Crippen LogP contribution in [0.15, 0.2) is 53.9 Å². The van der Waals surface area contributed by atoms with Crippen LogP contribution in [0, 0.1) is 5.82 Å². The monoisotopic (exact) mass is 383 g/mol. The van der Waals surface area contributed by atoms with Crippen LogP contribution in [0.3, 0.4) is 0 Å². The first kappa shape index (κ1) is 17.5. The number of pyridine rings is 1. The van der Waals surface area contributed by atoms with E-state index in [2.05, 4.69) is 15.3 Å². The molecule has 0 radical (unpaired) electrons. The van der Waals surface area contributed by atoms with Crippen molar-refractivity contribution in [1.82, 2.24) is 9.38 Å². The van der Waals surface area contributed by atoms with Crippen molar-refractivity contribution in [2.24, 2.45) is 10.7 Å². The first-order valence-electron chi connectivity index (χ1n) is 8.47. The molecule has 138 valence electrons. The van der Waals surface area contributed by atoms with Crippen molar-refractivity contribution in [2.75, 3.05) is 11.1 Å². The number of nitrogens with two attached hydrogens (primary N) is 1. The van der Waals surface area contributed by atoms with Gasteiger partial charge in [-0.3, -0.25) is 9.79 Å². The number of fused-ring (bicyclic) bond motifs is 1. The lowest BCUT2D eigenvalue weighted by Crippen LogP contribution is -2.29. The zero-order chi connectivity index (χ0) is 19.0. The maximum absolute atomic E-state index is 14.5. The number of benzene rings is 1. The summed E-state index contributed by atoms with van der Waals surface area (Å²) in [5, 5.41) is 3.28. The molecule has 3 heterocycles. The Labute approximate surface area is 159 Å². The summed E-state index contributed by atoms with van der Waals surface area (Å²) in [6.45, 7) is 1.86. The molecule has 0 spiro atoms. The van der Waals surface area contributed by atoms with E-state index < -0.39 is 5.54 Å². The summed E-state index contributed by atoms with van der Waals surface area (Å²) in [6.07, 6.45) is 5.81. The molecule has 2 aromatic heterocycles. The first-order chi connectivity index (χ1) is 12.9. The van der Waals surface area contributed by atoms with E-state index in [9.17, 15) is 9.18 Å². The quantitative estimate of drug-likeness (QED) is 0.726. The van der Waals surface area contributed by atoms with Gasteiger partial charge in [-0.15, -0.1) is 0 Å². The van der Waals surface area contributed by atoms with E-state index in [0.717, 1.165) is 11.4 Å². The average Bonchev–Trinajstić information content (AvgIpc) is 3.10. The molecule has 1 aliphatic heterocycles. The third-order valence-electron chi connectivity index (χ3n) is 4.65. The molecule has 0 saturated heterocycles. The second-order valence-corrected chi connectivity index (χ2v) is 7.70. The van der Waals surface area contributed by atoms with Gasteiger partial charge in [-0.05, 0) is 43.7 Å². The third-order valence-corrected chi connectivity index (χ3v) is 5.45. The number of aliphatic imine (C=N–C) groups is 1. The summed E-state index contributed by atoms with van der Waals surface area (Å²) in [4.78, 5) is 21.2. The maximum atomic E-state index is 14.5. The predicted molar refractivity (Wildman–Crippen MR) is 106 cm³/mol. The molecule has 4 rings (SSSR count). The van der Waals surface area contributed by atoms with Gasteiger partial charge in [0.1, 0.15) is 11.5 Å². The van der Waals surface area contributed by atoms with Crippen LogP contribution in [0.1, 0.15) is 29.3 Å². The molecule has 1 aromatic carbocycles. The van der Waals surface area contributed by atoms with Crippen LogP contribution in [0.5, 0.6) is 0 Å².